The van der Waals surface area contributed by atoms with Gasteiger partial charge in [-0.2, -0.15) is 0 Å². The van der Waals surface area contributed by atoms with Crippen molar-refractivity contribution < 1.29 is 38.2 Å². The SMILES string of the molecule is C#CCCC[C@H]1OC(=O)[C@@H](C(C)C)N(C)C(=O)[C@@H]2CCCN2C(=O)[C@@H](C(C)C)OC(=O)[C@@H](C(C)C)N(C)C(=O)[C@H](C(C)C)NC(=O)[C@@H]1C. The molecule has 1 N–H and O–H groups in total. The minimum Gasteiger partial charge on any atom is -0.460 e. The number of nitrogens with one attached hydrogen (secondary N) is 1. The maximum Gasteiger partial charge on any atom is 0.329 e. The molecule has 0 aromatic rings. The van der Waals surface area contributed by atoms with Crippen molar-refractivity contribution in [3.8, 4) is 12.3 Å². The van der Waals surface area contributed by atoms with Gasteiger partial charge in [-0.3, -0.25) is 19.2 Å². The zero-order valence-corrected chi connectivity index (χ0v) is 30.8. The topological polar surface area (TPSA) is 143 Å². The minimum atomic E-state index is -1.21. The lowest BCUT2D eigenvalue weighted by Crippen LogP contribution is -2.57. The van der Waals surface area contributed by atoms with Crippen LogP contribution in [0.15, 0.2) is 0 Å². The molecule has 2 fully saturated rings. The van der Waals surface area contributed by atoms with Crippen LogP contribution < -0.4 is 5.32 Å². The number of nitrogens with zero attached hydrogens (tertiary/aromatic N) is 3. The van der Waals surface area contributed by atoms with Gasteiger partial charge >= 0.3 is 11.9 Å². The molecule has 0 aliphatic carbocycles. The second kappa shape index (κ2) is 17.7. The van der Waals surface area contributed by atoms with Crippen molar-refractivity contribution in [2.24, 2.45) is 29.6 Å². The molecule has 2 aliphatic rings. The molecule has 7 atom stereocenters. The lowest BCUT2D eigenvalue weighted by Gasteiger charge is -2.36. The molecule has 2 saturated heterocycles. The van der Waals surface area contributed by atoms with E-state index in [-0.39, 0.29) is 24.8 Å². The number of hydrogen-bond donors (Lipinski definition) is 1. The Morgan fingerprint density at radius 2 is 1.33 bits per heavy atom. The van der Waals surface area contributed by atoms with E-state index in [2.05, 4.69) is 11.2 Å². The van der Waals surface area contributed by atoms with Gasteiger partial charge in [0.05, 0.1) is 5.92 Å². The third kappa shape index (κ3) is 9.50. The number of cyclic esters (lactones) is 2. The van der Waals surface area contributed by atoms with Crippen LogP contribution >= 0.6 is 0 Å². The molecule has 0 aromatic heterocycles. The van der Waals surface area contributed by atoms with Gasteiger partial charge in [-0.05, 0) is 49.4 Å². The Morgan fingerprint density at radius 1 is 0.792 bits per heavy atom. The van der Waals surface area contributed by atoms with Crippen LogP contribution in [0.2, 0.25) is 0 Å². The first-order valence-corrected chi connectivity index (χ1v) is 17.4. The van der Waals surface area contributed by atoms with E-state index >= 15 is 0 Å². The summed E-state index contributed by atoms with van der Waals surface area (Å²) < 4.78 is 11.9. The average Bonchev–Trinajstić information content (AvgIpc) is 3.49. The summed E-state index contributed by atoms with van der Waals surface area (Å²) in [4.78, 5) is 87.5. The van der Waals surface area contributed by atoms with Gasteiger partial charge in [0.2, 0.25) is 17.7 Å². The number of esters is 2. The molecule has 0 saturated carbocycles. The summed E-state index contributed by atoms with van der Waals surface area (Å²) >= 11 is 0. The molecule has 12 nitrogen and oxygen atoms in total. The Kier molecular flexibility index (Phi) is 14.9. The highest BCUT2D eigenvalue weighted by molar-refractivity contribution is 5.95. The first-order chi connectivity index (χ1) is 22.4. The van der Waals surface area contributed by atoms with Crippen LogP contribution in [0.5, 0.6) is 0 Å². The second-order valence-corrected chi connectivity index (χ2v) is 14.7. The number of rotatable bonds is 7. The van der Waals surface area contributed by atoms with E-state index in [1.165, 1.54) is 28.8 Å². The Bertz CT molecular complexity index is 1220. The molecule has 0 radical (unpaired) electrons. The van der Waals surface area contributed by atoms with Crippen molar-refractivity contribution in [1.82, 2.24) is 20.0 Å². The third-order valence-electron chi connectivity index (χ3n) is 9.47. The maximum atomic E-state index is 14.0. The third-order valence-corrected chi connectivity index (χ3v) is 9.47. The summed E-state index contributed by atoms with van der Waals surface area (Å²) in [6.45, 7) is 16.1. The monoisotopic (exact) mass is 674 g/mol. The largest absolute Gasteiger partial charge is 0.460 e. The van der Waals surface area contributed by atoms with Crippen LogP contribution in [0.25, 0.3) is 0 Å². The van der Waals surface area contributed by atoms with E-state index in [0.29, 0.717) is 25.7 Å². The Balaban J connectivity index is 2.71. The van der Waals surface area contributed by atoms with Crippen molar-refractivity contribution in [3.05, 3.63) is 0 Å². The predicted molar refractivity (Wildman–Crippen MR) is 181 cm³/mol. The molecule has 0 bridgehead atoms. The van der Waals surface area contributed by atoms with Crippen LogP contribution in [0.1, 0.15) is 94.4 Å². The molecule has 0 aromatic carbocycles. The molecule has 12 heteroatoms. The van der Waals surface area contributed by atoms with Crippen LogP contribution in [0, 0.1) is 41.9 Å². The van der Waals surface area contributed by atoms with Crippen LogP contribution in [0.3, 0.4) is 0 Å². The Morgan fingerprint density at radius 3 is 1.83 bits per heavy atom. The summed E-state index contributed by atoms with van der Waals surface area (Å²) in [6, 6.07) is -3.95. The number of likely N-dealkylation sites (N-methyl/N-ethyl adjacent to an activating group) is 2. The van der Waals surface area contributed by atoms with Gasteiger partial charge in [-0.25, -0.2) is 9.59 Å². The van der Waals surface area contributed by atoms with Gasteiger partial charge in [0.25, 0.3) is 5.91 Å². The van der Waals surface area contributed by atoms with Crippen molar-refractivity contribution in [2.75, 3.05) is 20.6 Å². The van der Waals surface area contributed by atoms with E-state index < -0.39 is 89.7 Å². The smallest absolute Gasteiger partial charge is 0.329 e. The Labute approximate surface area is 287 Å². The van der Waals surface area contributed by atoms with Crippen LogP contribution in [-0.4, -0.2) is 107 Å². The van der Waals surface area contributed by atoms with Crippen molar-refractivity contribution >= 4 is 35.6 Å². The molecule has 0 spiro atoms. The highest BCUT2D eigenvalue weighted by atomic mass is 16.6. The van der Waals surface area contributed by atoms with Gasteiger partial charge in [0.1, 0.15) is 30.3 Å². The minimum absolute atomic E-state index is 0.283. The van der Waals surface area contributed by atoms with Crippen molar-refractivity contribution in [1.29, 1.82) is 0 Å². The molecule has 2 rings (SSSR count). The molecular formula is C36H58N4O8. The lowest BCUT2D eigenvalue weighted by atomic mass is 9.95. The van der Waals surface area contributed by atoms with Crippen molar-refractivity contribution in [2.45, 2.75) is 131 Å². The van der Waals surface area contributed by atoms with Gasteiger partial charge in [-0.15, -0.1) is 12.3 Å². The van der Waals surface area contributed by atoms with E-state index in [1.54, 1.807) is 62.3 Å². The number of amides is 4. The van der Waals surface area contributed by atoms with Gasteiger partial charge < -0.3 is 29.5 Å². The van der Waals surface area contributed by atoms with Gasteiger partial charge in [-0.1, -0.05) is 62.3 Å². The molecule has 48 heavy (non-hydrogen) atoms. The van der Waals surface area contributed by atoms with Gasteiger partial charge in [0, 0.05) is 27.1 Å². The molecule has 4 amide bonds. The maximum absolute atomic E-state index is 14.0. The predicted octanol–water partition coefficient (Wildman–Crippen LogP) is 3.02. The normalized spacial score (nSPS) is 29.0. The first kappa shape index (κ1) is 40.6. The summed E-state index contributed by atoms with van der Waals surface area (Å²) in [5, 5.41) is 2.84. The lowest BCUT2D eigenvalue weighted by molar-refractivity contribution is -0.172. The van der Waals surface area contributed by atoms with E-state index in [1.807, 2.05) is 0 Å². The van der Waals surface area contributed by atoms with E-state index in [9.17, 15) is 28.8 Å². The van der Waals surface area contributed by atoms with E-state index in [4.69, 9.17) is 15.9 Å². The summed E-state index contributed by atoms with van der Waals surface area (Å²) in [5.41, 5.74) is 0. The fraction of sp³-hybridized carbons (Fsp3) is 0.778. The molecule has 0 unspecified atom stereocenters. The highest BCUT2D eigenvalue weighted by Crippen LogP contribution is 2.27. The highest BCUT2D eigenvalue weighted by Gasteiger charge is 2.45. The molecular weight excluding hydrogens is 616 g/mol. The van der Waals surface area contributed by atoms with Gasteiger partial charge in [0.15, 0.2) is 6.10 Å². The quantitative estimate of drug-likeness (QED) is 0.247. The van der Waals surface area contributed by atoms with Crippen molar-refractivity contribution in [3.63, 3.8) is 0 Å². The summed E-state index contributed by atoms with van der Waals surface area (Å²) in [6.07, 6.45) is 5.48. The second-order valence-electron chi connectivity index (χ2n) is 14.7. The number of fused-ring (bicyclic) bond motifs is 1. The fourth-order valence-electron chi connectivity index (χ4n) is 6.60. The molecule has 270 valence electrons. The summed E-state index contributed by atoms with van der Waals surface area (Å²) in [7, 11) is 3.00. The number of terminal acetylenes is 1. The Hall–Kier alpha value is -3.62. The standard InChI is InChI=1S/C36H58N4O8/c1-13-14-15-18-26-24(10)31(41)37-27(20(2)3)33(43)39(12)29(22(6)7)36(46)48-30(23(8)9)34(44)40-19-16-17-25(40)32(42)38(11)28(21(4)5)35(45)47-26/h1,20-30H,14-19H2,2-12H3,(H,37,41)/t24-,25+,26-,27+,28-,29-,30-/m1/s1. The molecule has 2 heterocycles. The van der Waals surface area contributed by atoms with Crippen LogP contribution in [0.4, 0.5) is 0 Å². The number of carbonyl (C=O) groups is 6. The average molecular weight is 675 g/mol. The number of carbonyl (C=O) groups excluding carboxylic acids is 6. The summed E-state index contributed by atoms with van der Waals surface area (Å²) in [5.74, 6) is -3.23. The first-order valence-electron chi connectivity index (χ1n) is 17.4. The zero-order chi connectivity index (χ0) is 36.6. The number of ether oxygens (including phenoxy) is 2. The number of hydrogen-bond acceptors (Lipinski definition) is 8. The fourth-order valence-corrected chi connectivity index (χ4v) is 6.60. The number of unbranched alkanes of at least 4 members (excludes halogenated alkanes) is 1. The zero-order valence-electron chi connectivity index (χ0n) is 30.8. The molecule has 2 aliphatic heterocycles. The van der Waals surface area contributed by atoms with Crippen LogP contribution in [-0.2, 0) is 38.2 Å². The van der Waals surface area contributed by atoms with E-state index in [0.717, 1.165) is 0 Å².